The van der Waals surface area contributed by atoms with Crippen LogP contribution >= 0.6 is 7.91 Å². The van der Waals surface area contributed by atoms with E-state index in [1.165, 1.54) is 0 Å². The summed E-state index contributed by atoms with van der Waals surface area (Å²) in [6.07, 6.45) is 0. The maximum atomic E-state index is 10.4. The molecule has 0 amide bonds. The van der Waals surface area contributed by atoms with Crippen LogP contribution < -0.4 is 0 Å². The Hall–Kier alpha value is 0.677. The zero-order valence-corrected chi connectivity index (χ0v) is 5.02. The van der Waals surface area contributed by atoms with Crippen molar-refractivity contribution in [2.45, 2.75) is 5.60 Å². The fourth-order valence-corrected chi connectivity index (χ4v) is 0. The van der Waals surface area contributed by atoms with Gasteiger partial charge in [-0.2, -0.15) is 0 Å². The quantitative estimate of drug-likeness (QED) is 0.357. The number of hydrogen-bond donors (Lipinski definition) is 2. The molecule has 0 aliphatic heterocycles. The van der Waals surface area contributed by atoms with E-state index >= 15 is 0 Å². The molecule has 0 unspecified atom stereocenters. The fourth-order valence-electron chi connectivity index (χ4n) is 0. The third-order valence-electron chi connectivity index (χ3n) is 0. The van der Waals surface area contributed by atoms with Crippen molar-refractivity contribution < 1.29 is 18.5 Å². The van der Waals surface area contributed by atoms with E-state index in [1.54, 1.807) is 0 Å². The van der Waals surface area contributed by atoms with Crippen LogP contribution in [0.5, 0.6) is 0 Å². The molecule has 6 heteroatoms. The number of rotatable bonds is 0. The van der Waals surface area contributed by atoms with Crippen LogP contribution in [0.25, 0.3) is 0 Å². The summed E-state index contributed by atoms with van der Waals surface area (Å²) in [7, 11) is -5.14. The molecule has 0 rings (SSSR count). The third kappa shape index (κ3) is 318. The molecule has 0 aliphatic rings. The molecule has 0 aromatic heterocycles. The van der Waals surface area contributed by atoms with Gasteiger partial charge in [0.1, 0.15) is 0 Å². The minimum absolute atomic E-state index is 2.00. The van der Waals surface area contributed by atoms with Crippen molar-refractivity contribution >= 4 is 25.6 Å². The van der Waals surface area contributed by atoms with Gasteiger partial charge in [0, 0.05) is 0 Å². The first-order chi connectivity index (χ1) is 3.00. The van der Waals surface area contributed by atoms with Gasteiger partial charge in [0.15, 0.2) is 0 Å². The fraction of sp³-hybridized carbons (Fsp3) is 1.00. The van der Waals surface area contributed by atoms with Gasteiger partial charge in [0.25, 0.3) is 0 Å². The zero-order chi connectivity index (χ0) is 6.50. The van der Waals surface area contributed by atoms with Crippen LogP contribution in [0.15, 0.2) is 0 Å². The van der Waals surface area contributed by atoms with Crippen molar-refractivity contribution in [2.75, 3.05) is 0 Å². The minimum atomic E-state index is -5.14. The van der Waals surface area contributed by atoms with Crippen molar-refractivity contribution in [3.8, 4) is 0 Å². The van der Waals surface area contributed by atoms with Crippen LogP contribution in [0.2, 0.25) is 5.60 Å². The standard InChI is InChI=1S/CH3.FH2O3P.Li/c;1-5(2,3)4;/h1H3;(H2,2,3,4);. The van der Waals surface area contributed by atoms with Crippen LogP contribution in [-0.2, 0) is 4.57 Å². The molecule has 0 saturated heterocycles. The molecule has 2 N–H and O–H groups in total. The topological polar surface area (TPSA) is 57.5 Å². The molecular weight excluding hydrogens is 117 g/mol. The Morgan fingerprint density at radius 1 is 1.57 bits per heavy atom. The van der Waals surface area contributed by atoms with Crippen LogP contribution in [-0.4, -0.2) is 27.5 Å². The second-order valence-electron chi connectivity index (χ2n) is 0.473. The molecule has 0 heterocycles. The van der Waals surface area contributed by atoms with Crippen molar-refractivity contribution in [3.05, 3.63) is 0 Å². The number of hydrogen-bond acceptors (Lipinski definition) is 1. The molecule has 0 bridgehead atoms. The molecular formula is CH5FLiO3P. The number of halogens is 1. The Bertz CT molecular complexity index is 61.1. The van der Waals surface area contributed by atoms with E-state index in [4.69, 9.17) is 14.4 Å². The van der Waals surface area contributed by atoms with E-state index < -0.39 is 7.91 Å². The first-order valence-electron chi connectivity index (χ1n) is 1.75. The summed E-state index contributed by atoms with van der Waals surface area (Å²) >= 11 is 2.00. The molecule has 0 spiro atoms. The zero-order valence-electron chi connectivity index (χ0n) is 4.13. The van der Waals surface area contributed by atoms with Gasteiger partial charge in [0.2, 0.25) is 0 Å². The Morgan fingerprint density at radius 3 is 1.57 bits per heavy atom. The van der Waals surface area contributed by atoms with Crippen molar-refractivity contribution in [2.24, 2.45) is 0 Å². The van der Waals surface area contributed by atoms with Crippen molar-refractivity contribution in [3.63, 3.8) is 0 Å². The van der Waals surface area contributed by atoms with Gasteiger partial charge in [0.05, 0.1) is 0 Å². The summed E-state index contributed by atoms with van der Waals surface area (Å²) in [5.74, 6) is 0. The SMILES string of the molecule is O=P(O)(O)F.[Li][CH3]. The Balaban J connectivity index is 0. The van der Waals surface area contributed by atoms with Gasteiger partial charge >= 0.3 is 31.2 Å². The summed E-state index contributed by atoms with van der Waals surface area (Å²) in [5, 5.41) is 0. The summed E-state index contributed by atoms with van der Waals surface area (Å²) < 4.78 is 19.0. The molecule has 7 heavy (non-hydrogen) atoms. The van der Waals surface area contributed by atoms with Gasteiger partial charge in [-0.15, -0.1) is 4.20 Å². The van der Waals surface area contributed by atoms with Gasteiger partial charge < -0.3 is 0 Å². The normalized spacial score (nSPS) is 9.43. The van der Waals surface area contributed by atoms with Crippen LogP contribution in [0.1, 0.15) is 0 Å². The Labute approximate surface area is 50.4 Å². The van der Waals surface area contributed by atoms with E-state index in [-0.39, 0.29) is 0 Å². The van der Waals surface area contributed by atoms with E-state index in [9.17, 15) is 4.20 Å². The van der Waals surface area contributed by atoms with Gasteiger partial charge in [-0.05, 0) is 0 Å². The van der Waals surface area contributed by atoms with E-state index in [2.05, 4.69) is 0 Å². The summed E-state index contributed by atoms with van der Waals surface area (Å²) in [6, 6.07) is 0. The monoisotopic (exact) mass is 122 g/mol. The van der Waals surface area contributed by atoms with Crippen LogP contribution in [0, 0.1) is 0 Å². The van der Waals surface area contributed by atoms with Crippen molar-refractivity contribution in [1.82, 2.24) is 0 Å². The van der Waals surface area contributed by atoms with Crippen LogP contribution in [0.3, 0.4) is 0 Å². The first kappa shape index (κ1) is 10.6. The van der Waals surface area contributed by atoms with E-state index in [0.717, 1.165) is 0 Å². The molecule has 0 aliphatic carbocycles. The Morgan fingerprint density at radius 2 is 1.57 bits per heavy atom. The second kappa shape index (κ2) is 4.83. The summed E-state index contributed by atoms with van der Waals surface area (Å²) in [6.45, 7) is 0. The first-order valence-corrected chi connectivity index (χ1v) is 3.25. The molecule has 0 saturated carbocycles. The van der Waals surface area contributed by atoms with Gasteiger partial charge in [-0.1, -0.05) is 0 Å². The average Bonchev–Trinajstić information content (AvgIpc) is 1.36. The predicted octanol–water partition coefficient (Wildman–Crippen LogP) is 0.252. The molecule has 0 atom stereocenters. The predicted molar refractivity (Wildman–Crippen MR) is 24.8 cm³/mol. The average molecular weight is 122 g/mol. The molecule has 0 aromatic rings. The second-order valence-corrected chi connectivity index (χ2v) is 1.42. The van der Waals surface area contributed by atoms with Crippen LogP contribution in [0.4, 0.5) is 4.20 Å². The maximum absolute atomic E-state index is 10.4. The molecule has 0 fully saturated rings. The molecule has 0 radical (unpaired) electrons. The molecule has 3 nitrogen and oxygen atoms in total. The third-order valence-corrected chi connectivity index (χ3v) is 0. The summed E-state index contributed by atoms with van der Waals surface area (Å²) in [5.41, 5.74) is 2.00. The van der Waals surface area contributed by atoms with Gasteiger partial charge in [-0.25, -0.2) is 4.57 Å². The molecule has 40 valence electrons. The van der Waals surface area contributed by atoms with E-state index in [1.807, 2.05) is 23.3 Å². The summed E-state index contributed by atoms with van der Waals surface area (Å²) in [4.78, 5) is 13.9. The van der Waals surface area contributed by atoms with E-state index in [0.29, 0.717) is 0 Å². The van der Waals surface area contributed by atoms with Crippen molar-refractivity contribution in [1.29, 1.82) is 0 Å². The van der Waals surface area contributed by atoms with Gasteiger partial charge in [-0.3, -0.25) is 9.79 Å². The molecule has 0 aromatic carbocycles. The Kier molecular flexibility index (Phi) is 7.32.